The molecule has 2 heterocycles. The molecule has 0 aliphatic heterocycles. The molecule has 150 valence electrons. The van der Waals surface area contributed by atoms with Crippen molar-refractivity contribution in [2.75, 3.05) is 12.8 Å². The van der Waals surface area contributed by atoms with E-state index in [1.807, 2.05) is 30.3 Å². The number of methoxy groups -OCH3 is 1. The van der Waals surface area contributed by atoms with E-state index in [0.717, 1.165) is 5.56 Å². The van der Waals surface area contributed by atoms with Crippen LogP contribution in [0.25, 0.3) is 22.4 Å². The minimum atomic E-state index is -0.237. The number of benzene rings is 2. The van der Waals surface area contributed by atoms with E-state index in [4.69, 9.17) is 15.2 Å². The minimum Gasteiger partial charge on any atom is -0.481 e. The van der Waals surface area contributed by atoms with Crippen molar-refractivity contribution in [3.05, 3.63) is 83.3 Å². The van der Waals surface area contributed by atoms with Crippen LogP contribution in [0.1, 0.15) is 0 Å². The molecule has 7 nitrogen and oxygen atoms in total. The van der Waals surface area contributed by atoms with Gasteiger partial charge in [-0.15, -0.1) is 0 Å². The van der Waals surface area contributed by atoms with Gasteiger partial charge in [0.2, 0.25) is 5.88 Å². The largest absolute Gasteiger partial charge is 0.481 e. The number of pyridine rings is 1. The molecular weight excluding hydrogens is 380 g/mol. The van der Waals surface area contributed by atoms with Crippen molar-refractivity contribution in [3.63, 3.8) is 0 Å². The van der Waals surface area contributed by atoms with Crippen molar-refractivity contribution < 1.29 is 9.47 Å². The summed E-state index contributed by atoms with van der Waals surface area (Å²) in [6, 6.07) is 19.9. The third-order valence-electron chi connectivity index (χ3n) is 4.58. The molecule has 0 saturated carbocycles. The number of rotatable bonds is 5. The number of aromatic nitrogens is 3. The summed E-state index contributed by atoms with van der Waals surface area (Å²) in [6.45, 7) is 0. The van der Waals surface area contributed by atoms with Crippen LogP contribution in [0.4, 0.5) is 5.69 Å². The van der Waals surface area contributed by atoms with Gasteiger partial charge in [-0.3, -0.25) is 4.79 Å². The van der Waals surface area contributed by atoms with Crippen LogP contribution in [0.15, 0.2) is 77.7 Å². The van der Waals surface area contributed by atoms with Gasteiger partial charge in [0.25, 0.3) is 5.56 Å². The fourth-order valence-corrected chi connectivity index (χ4v) is 3.08. The summed E-state index contributed by atoms with van der Waals surface area (Å²) in [4.78, 5) is 16.5. The van der Waals surface area contributed by atoms with Gasteiger partial charge in [-0.05, 0) is 42.0 Å². The Labute approximate surface area is 173 Å². The first-order valence-corrected chi connectivity index (χ1v) is 9.27. The molecule has 2 N–H and O–H groups in total. The third kappa shape index (κ3) is 3.86. The Morgan fingerprint density at radius 1 is 0.967 bits per heavy atom. The lowest BCUT2D eigenvalue weighted by molar-refractivity contribution is 0.398. The molecule has 0 unspecified atom stereocenters. The summed E-state index contributed by atoms with van der Waals surface area (Å²) in [5, 5.41) is 4.53. The zero-order valence-corrected chi connectivity index (χ0v) is 16.6. The van der Waals surface area contributed by atoms with E-state index in [9.17, 15) is 4.79 Å². The number of nitrogen functional groups attached to an aromatic ring is 1. The van der Waals surface area contributed by atoms with Crippen LogP contribution in [0.3, 0.4) is 0 Å². The summed E-state index contributed by atoms with van der Waals surface area (Å²) in [5.74, 6) is 1.69. The lowest BCUT2D eigenvalue weighted by Gasteiger charge is -2.15. The summed E-state index contributed by atoms with van der Waals surface area (Å²) in [6.07, 6.45) is 1.62. The lowest BCUT2D eigenvalue weighted by Crippen LogP contribution is -2.19. The second-order valence-corrected chi connectivity index (χ2v) is 6.63. The SMILES string of the molecule is COc1cc(-c2cc(=O)n(C)nc2-c2cc(N)ccc2Oc2ccccc2)ccn1. The van der Waals surface area contributed by atoms with E-state index >= 15 is 0 Å². The standard InChI is InChI=1S/C23H20N4O3/c1-27-22(28)14-18(15-10-11-25-21(12-15)29-2)23(26-27)19-13-16(24)8-9-20(19)30-17-6-4-3-5-7-17/h3-14H,24H2,1-2H3. The van der Waals surface area contributed by atoms with E-state index in [2.05, 4.69) is 10.1 Å². The van der Waals surface area contributed by atoms with Gasteiger partial charge in [0.15, 0.2) is 0 Å². The van der Waals surface area contributed by atoms with E-state index in [-0.39, 0.29) is 5.56 Å². The third-order valence-corrected chi connectivity index (χ3v) is 4.58. The highest BCUT2D eigenvalue weighted by molar-refractivity contribution is 5.84. The Bertz CT molecular complexity index is 1250. The van der Waals surface area contributed by atoms with Gasteiger partial charge in [0.1, 0.15) is 17.2 Å². The van der Waals surface area contributed by atoms with E-state index in [1.165, 1.54) is 10.7 Å². The first kappa shape index (κ1) is 19.2. The number of para-hydroxylation sites is 1. The summed E-state index contributed by atoms with van der Waals surface area (Å²) < 4.78 is 12.6. The maximum atomic E-state index is 12.4. The van der Waals surface area contributed by atoms with Gasteiger partial charge in [-0.25, -0.2) is 9.67 Å². The molecule has 0 fully saturated rings. The molecule has 0 spiro atoms. The van der Waals surface area contributed by atoms with Gasteiger partial charge in [0, 0.05) is 42.2 Å². The molecule has 30 heavy (non-hydrogen) atoms. The molecule has 0 radical (unpaired) electrons. The van der Waals surface area contributed by atoms with Gasteiger partial charge < -0.3 is 15.2 Å². The Hall–Kier alpha value is -4.13. The maximum absolute atomic E-state index is 12.4. The van der Waals surface area contributed by atoms with Crippen LogP contribution in [0.2, 0.25) is 0 Å². The highest BCUT2D eigenvalue weighted by atomic mass is 16.5. The second-order valence-electron chi connectivity index (χ2n) is 6.63. The normalized spacial score (nSPS) is 10.6. The van der Waals surface area contributed by atoms with Crippen LogP contribution in [0, 0.1) is 0 Å². The van der Waals surface area contributed by atoms with Gasteiger partial charge in [-0.2, -0.15) is 5.10 Å². The molecule has 0 aliphatic carbocycles. The summed E-state index contributed by atoms with van der Waals surface area (Å²) in [7, 11) is 3.14. The predicted molar refractivity (Wildman–Crippen MR) is 116 cm³/mol. The number of nitrogens with zero attached hydrogens (tertiary/aromatic N) is 3. The summed E-state index contributed by atoms with van der Waals surface area (Å²) in [5.41, 5.74) is 8.99. The molecule has 4 rings (SSSR count). The van der Waals surface area contributed by atoms with Crippen LogP contribution in [0.5, 0.6) is 17.4 Å². The Morgan fingerprint density at radius 3 is 2.53 bits per heavy atom. The predicted octanol–water partition coefficient (Wildman–Crippen LogP) is 3.89. The van der Waals surface area contributed by atoms with Crippen LogP contribution >= 0.6 is 0 Å². The first-order chi connectivity index (χ1) is 14.5. The van der Waals surface area contributed by atoms with Crippen LogP contribution in [-0.4, -0.2) is 21.9 Å². The molecule has 7 heteroatoms. The highest BCUT2D eigenvalue weighted by Gasteiger charge is 2.18. The molecule has 2 aromatic heterocycles. The van der Waals surface area contributed by atoms with E-state index < -0.39 is 0 Å². The maximum Gasteiger partial charge on any atom is 0.267 e. The van der Waals surface area contributed by atoms with Gasteiger partial charge in [-0.1, -0.05) is 18.2 Å². The minimum absolute atomic E-state index is 0.237. The molecule has 2 aromatic carbocycles. The molecular formula is C23H20N4O3. The van der Waals surface area contributed by atoms with Crippen molar-refractivity contribution in [2.24, 2.45) is 7.05 Å². The van der Waals surface area contributed by atoms with Gasteiger partial charge in [0.05, 0.1) is 7.11 Å². The van der Waals surface area contributed by atoms with E-state index in [0.29, 0.717) is 39.9 Å². The van der Waals surface area contributed by atoms with Crippen LogP contribution in [-0.2, 0) is 7.05 Å². The number of anilines is 1. The lowest BCUT2D eigenvalue weighted by atomic mass is 9.99. The molecule has 0 atom stereocenters. The fourth-order valence-electron chi connectivity index (χ4n) is 3.08. The highest BCUT2D eigenvalue weighted by Crippen LogP contribution is 2.38. The number of nitrogens with two attached hydrogens (primary N) is 1. The fraction of sp³-hybridized carbons (Fsp3) is 0.0870. The molecule has 0 bridgehead atoms. The average Bonchev–Trinajstić information content (AvgIpc) is 2.77. The summed E-state index contributed by atoms with van der Waals surface area (Å²) >= 11 is 0. The number of aryl methyl sites for hydroxylation is 1. The first-order valence-electron chi connectivity index (χ1n) is 9.27. The zero-order valence-electron chi connectivity index (χ0n) is 16.6. The Balaban J connectivity index is 1.93. The van der Waals surface area contributed by atoms with Crippen molar-refractivity contribution in [3.8, 4) is 39.8 Å². The van der Waals surface area contributed by atoms with Crippen molar-refractivity contribution in [1.29, 1.82) is 0 Å². The molecule has 0 saturated heterocycles. The molecule has 4 aromatic rings. The quantitative estimate of drug-likeness (QED) is 0.511. The topological polar surface area (TPSA) is 92.3 Å². The zero-order chi connectivity index (χ0) is 21.1. The second kappa shape index (κ2) is 8.08. The molecule has 0 amide bonds. The Morgan fingerprint density at radius 2 is 1.77 bits per heavy atom. The molecule has 0 aliphatic rings. The number of hydrogen-bond acceptors (Lipinski definition) is 6. The van der Waals surface area contributed by atoms with Crippen molar-refractivity contribution in [1.82, 2.24) is 14.8 Å². The Kier molecular flexibility index (Phi) is 5.17. The smallest absolute Gasteiger partial charge is 0.267 e. The van der Waals surface area contributed by atoms with E-state index in [1.54, 1.807) is 50.7 Å². The average molecular weight is 400 g/mol. The monoisotopic (exact) mass is 400 g/mol. The number of ether oxygens (including phenoxy) is 2. The van der Waals surface area contributed by atoms with Crippen molar-refractivity contribution >= 4 is 5.69 Å². The van der Waals surface area contributed by atoms with Crippen molar-refractivity contribution in [2.45, 2.75) is 0 Å². The van der Waals surface area contributed by atoms with Gasteiger partial charge >= 0.3 is 0 Å². The number of hydrogen-bond donors (Lipinski definition) is 1. The van der Waals surface area contributed by atoms with Crippen LogP contribution < -0.4 is 20.8 Å².